The van der Waals surface area contributed by atoms with Crippen LogP contribution in [-0.2, 0) is 4.74 Å². The Labute approximate surface area is 170 Å². The minimum atomic E-state index is -0.509. The molecule has 0 aromatic carbocycles. The molecule has 8 nitrogen and oxygen atoms in total. The number of hydrogen-bond donors (Lipinski definition) is 3. The van der Waals surface area contributed by atoms with Gasteiger partial charge in [0.15, 0.2) is 0 Å². The molecule has 4 saturated carbocycles. The Balaban J connectivity index is 1.33. The molecule has 158 valence electrons. The second kappa shape index (κ2) is 7.09. The normalized spacial score (nSPS) is 35.4. The number of ether oxygens (including phenoxy) is 2. The van der Waals surface area contributed by atoms with Gasteiger partial charge in [0.1, 0.15) is 5.56 Å². The topological polar surface area (TPSA) is 106 Å². The lowest BCUT2D eigenvalue weighted by Gasteiger charge is -2.58. The number of aromatic nitrogens is 2. The summed E-state index contributed by atoms with van der Waals surface area (Å²) in [6.45, 7) is 5.08. The maximum Gasteiger partial charge on any atom is 0.258 e. The largest absolute Gasteiger partial charge is 0.474 e. The standard InChI is InChI=1S/C21H30N4O4/c1-11(2)29-19-16(8-22-20(25-19)23-15-9-28-10-15)18(26)24-17-13-3-12-4-14(17)7-21(27,5-12)6-13/h8,11-15,17,27H,3-7,9-10H2,1-2H3,(H,24,26)(H,22,23,25)/t12?,13?,14?,17-,21+. The first-order chi connectivity index (χ1) is 13.9. The number of aliphatic hydroxyl groups is 1. The lowest BCUT2D eigenvalue weighted by molar-refractivity contribution is -0.136. The van der Waals surface area contributed by atoms with E-state index < -0.39 is 5.60 Å². The van der Waals surface area contributed by atoms with Crippen LogP contribution in [0.15, 0.2) is 6.20 Å². The maximum atomic E-state index is 13.1. The summed E-state index contributed by atoms with van der Waals surface area (Å²) in [4.78, 5) is 21.9. The Morgan fingerprint density at radius 2 is 2.00 bits per heavy atom. The summed E-state index contributed by atoms with van der Waals surface area (Å²) < 4.78 is 11.0. The van der Waals surface area contributed by atoms with Crippen LogP contribution >= 0.6 is 0 Å². The molecular weight excluding hydrogens is 372 g/mol. The van der Waals surface area contributed by atoms with Gasteiger partial charge in [0, 0.05) is 12.2 Å². The molecule has 0 spiro atoms. The van der Waals surface area contributed by atoms with Crippen molar-refractivity contribution in [1.29, 1.82) is 0 Å². The van der Waals surface area contributed by atoms with E-state index in [9.17, 15) is 9.90 Å². The van der Waals surface area contributed by atoms with Crippen LogP contribution in [0, 0.1) is 17.8 Å². The average molecular weight is 402 g/mol. The van der Waals surface area contributed by atoms with Crippen molar-refractivity contribution in [3.63, 3.8) is 0 Å². The van der Waals surface area contributed by atoms with E-state index in [1.807, 2.05) is 13.8 Å². The molecule has 1 aromatic heterocycles. The molecule has 29 heavy (non-hydrogen) atoms. The van der Waals surface area contributed by atoms with E-state index in [-0.39, 0.29) is 24.1 Å². The first kappa shape index (κ1) is 19.1. The highest BCUT2D eigenvalue weighted by molar-refractivity contribution is 5.96. The number of anilines is 1. The minimum Gasteiger partial charge on any atom is -0.474 e. The Morgan fingerprint density at radius 3 is 2.59 bits per heavy atom. The second-order valence-electron chi connectivity index (χ2n) is 9.65. The third kappa shape index (κ3) is 3.68. The Bertz CT molecular complexity index is 781. The Morgan fingerprint density at radius 1 is 1.28 bits per heavy atom. The molecule has 1 aliphatic heterocycles. The van der Waals surface area contributed by atoms with Gasteiger partial charge in [0.25, 0.3) is 5.91 Å². The zero-order valence-electron chi connectivity index (χ0n) is 17.1. The van der Waals surface area contributed by atoms with Gasteiger partial charge >= 0.3 is 0 Å². The Hall–Kier alpha value is -1.93. The SMILES string of the molecule is CC(C)Oc1nc(NC2COC2)ncc1C(=O)N[C@H]1C2CC3CC1C[C@@](O)(C3)C2. The number of nitrogens with one attached hydrogen (secondary N) is 2. The summed E-state index contributed by atoms with van der Waals surface area (Å²) in [5, 5.41) is 17.2. The highest BCUT2D eigenvalue weighted by Crippen LogP contribution is 2.55. The van der Waals surface area contributed by atoms with E-state index in [0.29, 0.717) is 48.4 Å². The second-order valence-corrected chi connectivity index (χ2v) is 9.65. The number of carbonyl (C=O) groups is 1. The molecule has 8 heteroatoms. The van der Waals surface area contributed by atoms with Crippen molar-refractivity contribution in [2.75, 3.05) is 18.5 Å². The van der Waals surface area contributed by atoms with Gasteiger partial charge < -0.3 is 25.2 Å². The van der Waals surface area contributed by atoms with Crippen molar-refractivity contribution in [2.24, 2.45) is 17.8 Å². The lowest BCUT2D eigenvalue weighted by atomic mass is 9.52. The van der Waals surface area contributed by atoms with E-state index in [1.54, 1.807) is 6.20 Å². The molecule has 4 bridgehead atoms. The molecule has 1 saturated heterocycles. The van der Waals surface area contributed by atoms with Crippen LogP contribution in [0.25, 0.3) is 0 Å². The molecule has 0 radical (unpaired) electrons. The number of amides is 1. The zero-order chi connectivity index (χ0) is 20.2. The van der Waals surface area contributed by atoms with Gasteiger partial charge in [0.2, 0.25) is 11.8 Å². The first-order valence-electron chi connectivity index (χ1n) is 10.8. The Kier molecular flexibility index (Phi) is 4.66. The number of hydrogen-bond acceptors (Lipinski definition) is 7. The molecule has 6 rings (SSSR count). The summed E-state index contributed by atoms with van der Waals surface area (Å²) in [5.41, 5.74) is -0.146. The number of rotatable bonds is 6. The summed E-state index contributed by atoms with van der Waals surface area (Å²) in [5.74, 6) is 1.87. The van der Waals surface area contributed by atoms with Crippen LogP contribution in [0.2, 0.25) is 0 Å². The van der Waals surface area contributed by atoms with Gasteiger partial charge in [-0.25, -0.2) is 4.98 Å². The number of nitrogens with zero attached hydrogens (tertiary/aromatic N) is 2. The van der Waals surface area contributed by atoms with Crippen molar-refractivity contribution in [1.82, 2.24) is 15.3 Å². The van der Waals surface area contributed by atoms with Crippen LogP contribution in [0.5, 0.6) is 5.88 Å². The van der Waals surface area contributed by atoms with Gasteiger partial charge in [0.05, 0.1) is 31.0 Å². The molecule has 5 aliphatic rings. The average Bonchev–Trinajstić information content (AvgIpc) is 2.59. The summed E-state index contributed by atoms with van der Waals surface area (Å²) in [7, 11) is 0. The summed E-state index contributed by atoms with van der Waals surface area (Å²) >= 11 is 0. The smallest absolute Gasteiger partial charge is 0.258 e. The third-order valence-corrected chi connectivity index (χ3v) is 6.86. The molecule has 1 amide bonds. The van der Waals surface area contributed by atoms with E-state index in [1.165, 1.54) is 0 Å². The fourth-order valence-corrected chi connectivity index (χ4v) is 5.85. The van der Waals surface area contributed by atoms with Crippen molar-refractivity contribution in [2.45, 2.75) is 69.7 Å². The van der Waals surface area contributed by atoms with Gasteiger partial charge in [-0.1, -0.05) is 0 Å². The van der Waals surface area contributed by atoms with E-state index >= 15 is 0 Å². The summed E-state index contributed by atoms with van der Waals surface area (Å²) in [6, 6.07) is 0.302. The fraction of sp³-hybridized carbons (Fsp3) is 0.762. The first-order valence-corrected chi connectivity index (χ1v) is 10.8. The van der Waals surface area contributed by atoms with Crippen LogP contribution < -0.4 is 15.4 Å². The molecule has 4 aliphatic carbocycles. The van der Waals surface area contributed by atoms with Gasteiger partial charge in [-0.3, -0.25) is 4.79 Å². The molecular formula is C21H30N4O4. The molecule has 2 atom stereocenters. The van der Waals surface area contributed by atoms with E-state index in [2.05, 4.69) is 20.6 Å². The molecule has 3 N–H and O–H groups in total. The van der Waals surface area contributed by atoms with Crippen LogP contribution in [-0.4, -0.2) is 58.0 Å². The number of carbonyl (C=O) groups excluding carboxylic acids is 1. The van der Waals surface area contributed by atoms with Gasteiger partial charge in [-0.2, -0.15) is 4.98 Å². The van der Waals surface area contributed by atoms with Crippen LogP contribution in [0.1, 0.15) is 56.3 Å². The zero-order valence-corrected chi connectivity index (χ0v) is 17.1. The molecule has 2 unspecified atom stereocenters. The highest BCUT2D eigenvalue weighted by Gasteiger charge is 2.55. The van der Waals surface area contributed by atoms with E-state index in [4.69, 9.17) is 9.47 Å². The maximum absolute atomic E-state index is 13.1. The van der Waals surface area contributed by atoms with Gasteiger partial charge in [-0.15, -0.1) is 0 Å². The monoisotopic (exact) mass is 402 g/mol. The van der Waals surface area contributed by atoms with Crippen molar-refractivity contribution < 1.29 is 19.4 Å². The molecule has 2 heterocycles. The quantitative estimate of drug-likeness (QED) is 0.666. The van der Waals surface area contributed by atoms with Crippen molar-refractivity contribution >= 4 is 11.9 Å². The van der Waals surface area contributed by atoms with Crippen molar-refractivity contribution in [3.8, 4) is 5.88 Å². The predicted molar refractivity (Wildman–Crippen MR) is 106 cm³/mol. The molecule has 5 fully saturated rings. The predicted octanol–water partition coefficient (Wildman–Crippen LogP) is 1.74. The highest BCUT2D eigenvalue weighted by atomic mass is 16.5. The lowest BCUT2D eigenvalue weighted by Crippen LogP contribution is -2.61. The van der Waals surface area contributed by atoms with Crippen molar-refractivity contribution in [3.05, 3.63) is 11.8 Å². The summed E-state index contributed by atoms with van der Waals surface area (Å²) in [6.07, 6.45) is 6.16. The van der Waals surface area contributed by atoms with Crippen LogP contribution in [0.3, 0.4) is 0 Å². The third-order valence-electron chi connectivity index (χ3n) is 6.86. The van der Waals surface area contributed by atoms with Crippen LogP contribution in [0.4, 0.5) is 5.95 Å². The van der Waals surface area contributed by atoms with Gasteiger partial charge in [-0.05, 0) is 63.7 Å². The minimum absolute atomic E-state index is 0.105. The fourth-order valence-electron chi connectivity index (χ4n) is 5.85. The van der Waals surface area contributed by atoms with E-state index in [0.717, 1.165) is 32.1 Å². The molecule has 1 aromatic rings.